The van der Waals surface area contributed by atoms with Crippen molar-refractivity contribution in [1.82, 2.24) is 0 Å². The van der Waals surface area contributed by atoms with Crippen LogP contribution in [-0.2, 0) is 40.5 Å². The van der Waals surface area contributed by atoms with Crippen LogP contribution in [0.2, 0.25) is 0 Å². The van der Waals surface area contributed by atoms with E-state index in [2.05, 4.69) is 16.0 Å². The van der Waals surface area contributed by atoms with Gasteiger partial charge in [-0.2, -0.15) is 33.7 Å². The van der Waals surface area contributed by atoms with Crippen LogP contribution in [0.4, 0.5) is 34.1 Å². The summed E-state index contributed by atoms with van der Waals surface area (Å²) in [6, 6.07) is 24.7. The van der Waals surface area contributed by atoms with Crippen LogP contribution >= 0.6 is 0 Å². The fourth-order valence-electron chi connectivity index (χ4n) is 8.48. The van der Waals surface area contributed by atoms with Crippen molar-refractivity contribution in [3.63, 3.8) is 0 Å². The Morgan fingerprint density at radius 1 is 0.406 bits per heavy atom. The highest BCUT2D eigenvalue weighted by atomic mass is 32.2. The number of hydrogen-bond donors (Lipinski definition) is 7. The average molecular weight is 950 g/mol. The lowest BCUT2D eigenvalue weighted by atomic mass is 9.80. The van der Waals surface area contributed by atoms with Crippen LogP contribution in [-0.4, -0.2) is 51.9 Å². The summed E-state index contributed by atoms with van der Waals surface area (Å²) >= 11 is 0. The molecular weight excluding hydrogens is 903 g/mol. The van der Waals surface area contributed by atoms with Crippen molar-refractivity contribution in [3.8, 4) is 0 Å². The van der Waals surface area contributed by atoms with E-state index in [4.69, 9.17) is 0 Å². The first-order valence-corrected chi connectivity index (χ1v) is 25.2. The van der Waals surface area contributed by atoms with Crippen molar-refractivity contribution in [2.75, 3.05) is 16.0 Å². The Hall–Kier alpha value is -5.64. The van der Waals surface area contributed by atoms with Crippen molar-refractivity contribution in [1.29, 1.82) is 0 Å². The molecule has 0 atom stereocenters. The van der Waals surface area contributed by atoms with Crippen LogP contribution in [0.5, 0.6) is 0 Å². The van der Waals surface area contributed by atoms with Crippen molar-refractivity contribution in [3.05, 3.63) is 152 Å². The zero-order chi connectivity index (χ0) is 47.4. The monoisotopic (exact) mass is 949 g/mol. The van der Waals surface area contributed by atoms with E-state index in [-0.39, 0.29) is 15.5 Å². The largest absolute Gasteiger partial charge is 0.355 e. The predicted octanol–water partition coefficient (Wildman–Crippen LogP) is 9.55. The lowest BCUT2D eigenvalue weighted by molar-refractivity contribution is 0.478. The second kappa shape index (κ2) is 17.4. The molecule has 0 aliphatic heterocycles. The molecule has 0 aromatic heterocycles. The van der Waals surface area contributed by atoms with Crippen LogP contribution in [0.3, 0.4) is 0 Å². The molecule has 338 valence electrons. The first-order chi connectivity index (χ1) is 29.6. The van der Waals surface area contributed by atoms with Crippen LogP contribution in [0, 0.1) is 55.4 Å². The van der Waals surface area contributed by atoms with E-state index in [9.17, 15) is 51.9 Å². The number of nitrogens with one attached hydrogen (secondary N) is 3. The molecule has 0 aliphatic carbocycles. The maximum absolute atomic E-state index is 12.3. The van der Waals surface area contributed by atoms with E-state index >= 15 is 0 Å². The lowest BCUT2D eigenvalue weighted by Crippen LogP contribution is -2.10. The predicted molar refractivity (Wildman–Crippen MR) is 247 cm³/mol. The van der Waals surface area contributed by atoms with Crippen molar-refractivity contribution >= 4 is 74.6 Å². The maximum Gasteiger partial charge on any atom is 0.296 e. The van der Waals surface area contributed by atoms with Crippen LogP contribution in [0.25, 0.3) is 0 Å². The van der Waals surface area contributed by atoms with Gasteiger partial charge in [-0.1, -0.05) is 36.4 Å². The molecule has 0 radical (unpaired) electrons. The minimum Gasteiger partial charge on any atom is -0.355 e. The standard InChI is InChI=1S/C45H47N3O12S4/c1-24-21-36(46-38-18-17-37(61(49,50)51)23-39(38)62(52,53)54)22-25(2)40(24)41(32-9-13-34(14-10-32)47-42-26(3)19-28(5)44(30(42)7)63(55,56)57)33-11-15-35(16-12-33)48-43-27(4)20-29(6)45(31(43)8)64(58,59)60/h9-23,41,46-48H,1-8H3,(H,49,50,51)(H,52,53,54)(H,55,56,57)(H,58,59,60). The van der Waals surface area contributed by atoms with Crippen LogP contribution < -0.4 is 16.0 Å². The molecule has 0 bridgehead atoms. The first-order valence-electron chi connectivity index (χ1n) is 19.4. The molecule has 15 nitrogen and oxygen atoms in total. The van der Waals surface area contributed by atoms with E-state index in [0.717, 1.165) is 51.1 Å². The Kier molecular flexibility index (Phi) is 13.0. The molecule has 64 heavy (non-hydrogen) atoms. The van der Waals surface area contributed by atoms with Crippen LogP contribution in [0.1, 0.15) is 67.1 Å². The Morgan fingerprint density at radius 3 is 1.17 bits per heavy atom. The van der Waals surface area contributed by atoms with Gasteiger partial charge >= 0.3 is 0 Å². The summed E-state index contributed by atoms with van der Waals surface area (Å²) in [5.41, 5.74) is 9.71. The third-order valence-corrected chi connectivity index (χ3v) is 15.1. The van der Waals surface area contributed by atoms with Gasteiger partial charge in [-0.05, 0) is 171 Å². The molecule has 0 saturated carbocycles. The molecule has 0 amide bonds. The highest BCUT2D eigenvalue weighted by molar-refractivity contribution is 7.87. The molecular formula is C45H47N3O12S4. The molecule has 6 rings (SSSR count). The molecule has 0 aliphatic rings. The highest BCUT2D eigenvalue weighted by Gasteiger charge is 2.26. The summed E-state index contributed by atoms with van der Waals surface area (Å²) < 4.78 is 137. The normalized spacial score (nSPS) is 12.4. The molecule has 6 aromatic rings. The summed E-state index contributed by atoms with van der Waals surface area (Å²) in [6.07, 6.45) is 0. The summed E-state index contributed by atoms with van der Waals surface area (Å²) in [5, 5.41) is 9.58. The van der Waals surface area contributed by atoms with Crippen molar-refractivity contribution < 1.29 is 51.9 Å². The third kappa shape index (κ3) is 10.0. The molecule has 0 fully saturated rings. The van der Waals surface area contributed by atoms with E-state index in [1.54, 1.807) is 52.0 Å². The van der Waals surface area contributed by atoms with E-state index in [1.165, 1.54) is 0 Å². The quantitative estimate of drug-likeness (QED) is 0.0420. The minimum atomic E-state index is -4.95. The Bertz CT molecular complexity index is 3160. The lowest BCUT2D eigenvalue weighted by Gasteiger charge is -2.25. The van der Waals surface area contributed by atoms with Gasteiger partial charge < -0.3 is 16.0 Å². The molecule has 0 unspecified atom stereocenters. The number of anilines is 6. The van der Waals surface area contributed by atoms with Gasteiger partial charge in [0.1, 0.15) is 14.7 Å². The second-order valence-corrected chi connectivity index (χ2v) is 21.3. The van der Waals surface area contributed by atoms with Crippen molar-refractivity contribution in [2.45, 2.75) is 80.9 Å². The number of hydrogen-bond acceptors (Lipinski definition) is 11. The minimum absolute atomic E-state index is 0.144. The fraction of sp³-hybridized carbons (Fsp3) is 0.200. The second-order valence-electron chi connectivity index (χ2n) is 15.8. The van der Waals surface area contributed by atoms with Gasteiger partial charge in [0.05, 0.1) is 10.6 Å². The summed E-state index contributed by atoms with van der Waals surface area (Å²) in [6.45, 7) is 13.8. The summed E-state index contributed by atoms with van der Waals surface area (Å²) in [4.78, 5) is -1.83. The zero-order valence-electron chi connectivity index (χ0n) is 35.9. The van der Waals surface area contributed by atoms with E-state index < -0.39 is 56.2 Å². The number of benzene rings is 6. The fourth-order valence-corrected chi connectivity index (χ4v) is 11.6. The Labute approximate surface area is 373 Å². The molecule has 7 N–H and O–H groups in total. The molecule has 6 aromatic carbocycles. The van der Waals surface area contributed by atoms with Crippen molar-refractivity contribution in [2.24, 2.45) is 0 Å². The van der Waals surface area contributed by atoms with Gasteiger partial charge in [0.2, 0.25) is 0 Å². The molecule has 0 spiro atoms. The highest BCUT2D eigenvalue weighted by Crippen LogP contribution is 2.41. The average Bonchev–Trinajstić information content (AvgIpc) is 3.15. The van der Waals surface area contributed by atoms with Gasteiger partial charge in [0.15, 0.2) is 0 Å². The van der Waals surface area contributed by atoms with Gasteiger partial charge in [-0.3, -0.25) is 18.2 Å². The van der Waals surface area contributed by atoms with Gasteiger partial charge in [0.25, 0.3) is 40.5 Å². The number of aryl methyl sites for hydroxylation is 6. The van der Waals surface area contributed by atoms with Crippen LogP contribution in [0.15, 0.2) is 111 Å². The van der Waals surface area contributed by atoms with E-state index in [0.29, 0.717) is 56.8 Å². The van der Waals surface area contributed by atoms with E-state index in [1.807, 2.05) is 76.2 Å². The summed E-state index contributed by atoms with van der Waals surface area (Å²) in [5.74, 6) is -0.428. The summed E-state index contributed by atoms with van der Waals surface area (Å²) in [7, 11) is -18.8. The Morgan fingerprint density at radius 2 is 0.812 bits per heavy atom. The Balaban J connectivity index is 1.44. The van der Waals surface area contributed by atoms with Gasteiger partial charge in [-0.25, -0.2) is 0 Å². The van der Waals surface area contributed by atoms with Gasteiger partial charge in [-0.15, -0.1) is 0 Å². The first kappa shape index (κ1) is 47.8. The molecule has 0 heterocycles. The smallest absolute Gasteiger partial charge is 0.296 e. The molecule has 0 saturated heterocycles. The zero-order valence-corrected chi connectivity index (χ0v) is 39.2. The van der Waals surface area contributed by atoms with Gasteiger partial charge in [0, 0.05) is 34.4 Å². The number of rotatable bonds is 13. The topological polar surface area (TPSA) is 254 Å². The molecule has 19 heteroatoms. The maximum atomic E-state index is 12.3. The third-order valence-electron chi connectivity index (χ3n) is 11.0. The SMILES string of the molecule is Cc1cc(C)c(S(=O)(=O)O)c(C)c1Nc1ccc(C(c2ccc(Nc3c(C)cc(C)c(S(=O)(=O)O)c3C)cc2)c2c(C)cc(Nc3ccc(S(=O)(=O)O)cc3S(=O)(=O)O)cc2C)cc1.